The predicted octanol–water partition coefficient (Wildman–Crippen LogP) is 7.26. The highest BCUT2D eigenvalue weighted by Gasteiger charge is 2.05. The molecule has 2 nitrogen and oxygen atoms in total. The summed E-state index contributed by atoms with van der Waals surface area (Å²) in [5, 5.41) is 4.71. The maximum Gasteiger partial charge on any atom is 0.138 e. The van der Waals surface area contributed by atoms with Crippen LogP contribution in [0.3, 0.4) is 0 Å². The van der Waals surface area contributed by atoms with E-state index in [0.29, 0.717) is 23.9 Å². The Morgan fingerprint density at radius 2 is 1.62 bits per heavy atom. The monoisotopic (exact) mass is 449 g/mol. The molecule has 0 saturated heterocycles. The molecule has 0 aliphatic carbocycles. The number of hydrogen-bond acceptors (Lipinski definition) is 2. The Morgan fingerprint density at radius 3 is 2.31 bits per heavy atom. The third kappa shape index (κ3) is 5.16. The normalized spacial score (nSPS) is 10.6. The molecule has 1 N–H and O–H groups in total. The fourth-order valence-electron chi connectivity index (χ4n) is 2.42. The van der Waals surface area contributed by atoms with Gasteiger partial charge in [0.15, 0.2) is 0 Å². The third-order valence-corrected chi connectivity index (χ3v) is 5.20. The Morgan fingerprint density at radius 1 is 0.885 bits per heavy atom. The van der Waals surface area contributed by atoms with Crippen LogP contribution >= 0.6 is 39.1 Å². The molecule has 0 atom stereocenters. The second kappa shape index (κ2) is 8.81. The van der Waals surface area contributed by atoms with Crippen molar-refractivity contribution >= 4 is 44.8 Å². The Labute approximate surface area is 172 Å². The number of benzene rings is 3. The summed E-state index contributed by atoms with van der Waals surface area (Å²) >= 11 is 15.9. The molecule has 0 unspecified atom stereocenters. The topological polar surface area (TPSA) is 21.3 Å². The van der Waals surface area contributed by atoms with E-state index in [1.807, 2.05) is 67.6 Å². The van der Waals surface area contributed by atoms with E-state index in [1.54, 1.807) is 0 Å². The first-order valence-corrected chi connectivity index (χ1v) is 9.72. The molecule has 0 bridgehead atoms. The fourth-order valence-corrected chi connectivity index (χ4v) is 3.12. The van der Waals surface area contributed by atoms with E-state index in [2.05, 4.69) is 21.2 Å². The van der Waals surface area contributed by atoms with Crippen LogP contribution in [0.4, 0.5) is 5.69 Å². The molecule has 3 aromatic carbocycles. The van der Waals surface area contributed by atoms with E-state index in [4.69, 9.17) is 27.9 Å². The van der Waals surface area contributed by atoms with Crippen molar-refractivity contribution in [2.24, 2.45) is 0 Å². The lowest BCUT2D eigenvalue weighted by Gasteiger charge is -2.11. The minimum atomic E-state index is 0.479. The molecule has 0 saturated carbocycles. The highest BCUT2D eigenvalue weighted by Crippen LogP contribution is 2.27. The zero-order valence-electron chi connectivity index (χ0n) is 14.2. The molecule has 0 radical (unpaired) electrons. The van der Waals surface area contributed by atoms with Gasteiger partial charge in [0, 0.05) is 21.7 Å². The van der Waals surface area contributed by atoms with Gasteiger partial charge in [-0.2, -0.15) is 0 Å². The van der Waals surface area contributed by atoms with E-state index in [0.717, 1.165) is 31.9 Å². The van der Waals surface area contributed by atoms with Crippen molar-refractivity contribution in [1.82, 2.24) is 0 Å². The van der Waals surface area contributed by atoms with Crippen molar-refractivity contribution < 1.29 is 4.74 Å². The van der Waals surface area contributed by atoms with Crippen molar-refractivity contribution in [2.45, 2.75) is 20.1 Å². The lowest BCUT2D eigenvalue weighted by Crippen LogP contribution is -2.01. The van der Waals surface area contributed by atoms with Crippen molar-refractivity contribution in [1.29, 1.82) is 0 Å². The van der Waals surface area contributed by atoms with Gasteiger partial charge in [0.25, 0.3) is 0 Å². The van der Waals surface area contributed by atoms with Gasteiger partial charge in [-0.3, -0.25) is 0 Å². The summed E-state index contributed by atoms with van der Waals surface area (Å²) in [6, 6.07) is 19.8. The van der Waals surface area contributed by atoms with Crippen molar-refractivity contribution in [2.75, 3.05) is 5.32 Å². The lowest BCUT2D eigenvalue weighted by atomic mass is 10.2. The minimum absolute atomic E-state index is 0.479. The highest BCUT2D eigenvalue weighted by atomic mass is 79.9. The van der Waals surface area contributed by atoms with Crippen molar-refractivity contribution in [3.05, 3.63) is 91.9 Å². The SMILES string of the molecule is Cc1ccc(NCc2ccc(OCc3ccc(Br)cc3)c(Cl)c2)cc1Cl. The maximum absolute atomic E-state index is 6.37. The summed E-state index contributed by atoms with van der Waals surface area (Å²) in [6.45, 7) is 3.12. The number of rotatable bonds is 6. The number of nitrogens with one attached hydrogen (secondary N) is 1. The number of aryl methyl sites for hydroxylation is 1. The quantitative estimate of drug-likeness (QED) is 0.426. The summed E-state index contributed by atoms with van der Waals surface area (Å²) in [4.78, 5) is 0. The van der Waals surface area contributed by atoms with Crippen molar-refractivity contribution in [3.63, 3.8) is 0 Å². The van der Waals surface area contributed by atoms with Gasteiger partial charge in [0.1, 0.15) is 12.4 Å². The minimum Gasteiger partial charge on any atom is -0.487 e. The second-order valence-corrected chi connectivity index (χ2v) is 7.73. The summed E-state index contributed by atoms with van der Waals surface area (Å²) in [7, 11) is 0. The fraction of sp³-hybridized carbons (Fsp3) is 0.143. The van der Waals surface area contributed by atoms with Gasteiger partial charge in [-0.15, -0.1) is 0 Å². The van der Waals surface area contributed by atoms with Gasteiger partial charge in [-0.1, -0.05) is 63.4 Å². The first-order valence-electron chi connectivity index (χ1n) is 8.17. The Bertz CT molecular complexity index is 897. The number of anilines is 1. The molecular weight excluding hydrogens is 433 g/mol. The molecule has 5 heteroatoms. The van der Waals surface area contributed by atoms with Gasteiger partial charge in [0.05, 0.1) is 5.02 Å². The van der Waals surface area contributed by atoms with Crippen LogP contribution in [-0.2, 0) is 13.2 Å². The van der Waals surface area contributed by atoms with Gasteiger partial charge >= 0.3 is 0 Å². The van der Waals surface area contributed by atoms with Crippen LogP contribution in [-0.4, -0.2) is 0 Å². The zero-order valence-corrected chi connectivity index (χ0v) is 17.3. The average molecular weight is 451 g/mol. The lowest BCUT2D eigenvalue weighted by molar-refractivity contribution is 0.306. The zero-order chi connectivity index (χ0) is 18.5. The first kappa shape index (κ1) is 19.1. The van der Waals surface area contributed by atoms with E-state index < -0.39 is 0 Å². The number of halogens is 3. The Hall–Kier alpha value is -1.68. The van der Waals surface area contributed by atoms with Crippen LogP contribution in [0.5, 0.6) is 5.75 Å². The van der Waals surface area contributed by atoms with Crippen LogP contribution in [0.25, 0.3) is 0 Å². The van der Waals surface area contributed by atoms with Gasteiger partial charge in [0.2, 0.25) is 0 Å². The standard InChI is InChI=1S/C21H18BrCl2NO/c1-14-2-8-18(11-19(14)23)25-12-16-5-9-21(20(24)10-16)26-13-15-3-6-17(22)7-4-15/h2-11,25H,12-13H2,1H3. The molecule has 0 amide bonds. The molecule has 3 rings (SSSR count). The predicted molar refractivity (Wildman–Crippen MR) is 113 cm³/mol. The molecule has 3 aromatic rings. The molecule has 0 aromatic heterocycles. The van der Waals surface area contributed by atoms with Crippen LogP contribution in [0.15, 0.2) is 65.1 Å². The number of ether oxygens (including phenoxy) is 1. The van der Waals surface area contributed by atoms with E-state index in [9.17, 15) is 0 Å². The van der Waals surface area contributed by atoms with Gasteiger partial charge < -0.3 is 10.1 Å². The summed E-state index contributed by atoms with van der Waals surface area (Å²) in [5.41, 5.74) is 4.20. The molecule has 26 heavy (non-hydrogen) atoms. The molecule has 0 heterocycles. The van der Waals surface area contributed by atoms with Crippen LogP contribution < -0.4 is 10.1 Å². The summed E-state index contributed by atoms with van der Waals surface area (Å²) in [6.07, 6.45) is 0. The molecule has 0 spiro atoms. The van der Waals surface area contributed by atoms with Crippen LogP contribution in [0.1, 0.15) is 16.7 Å². The largest absolute Gasteiger partial charge is 0.487 e. The maximum atomic E-state index is 6.37. The molecule has 0 aliphatic heterocycles. The molecular formula is C21H18BrCl2NO. The third-order valence-electron chi connectivity index (χ3n) is 3.97. The Kier molecular flexibility index (Phi) is 6.47. The van der Waals surface area contributed by atoms with Gasteiger partial charge in [-0.05, 0) is 60.0 Å². The first-order chi connectivity index (χ1) is 12.5. The number of hydrogen-bond donors (Lipinski definition) is 1. The molecule has 0 fully saturated rings. The van der Waals surface area contributed by atoms with Crippen LogP contribution in [0.2, 0.25) is 10.0 Å². The Balaban J connectivity index is 1.59. The highest BCUT2D eigenvalue weighted by molar-refractivity contribution is 9.10. The molecule has 0 aliphatic rings. The van der Waals surface area contributed by atoms with E-state index in [1.165, 1.54) is 0 Å². The second-order valence-electron chi connectivity index (χ2n) is 6.00. The van der Waals surface area contributed by atoms with E-state index >= 15 is 0 Å². The van der Waals surface area contributed by atoms with E-state index in [-0.39, 0.29) is 0 Å². The summed E-state index contributed by atoms with van der Waals surface area (Å²) in [5.74, 6) is 0.678. The summed E-state index contributed by atoms with van der Waals surface area (Å²) < 4.78 is 6.87. The van der Waals surface area contributed by atoms with Crippen LogP contribution in [0, 0.1) is 6.92 Å². The van der Waals surface area contributed by atoms with Gasteiger partial charge in [-0.25, -0.2) is 0 Å². The average Bonchev–Trinajstić information content (AvgIpc) is 2.63. The molecule has 134 valence electrons. The van der Waals surface area contributed by atoms with Crippen molar-refractivity contribution in [3.8, 4) is 5.75 Å². The smallest absolute Gasteiger partial charge is 0.138 e.